The fraction of sp³-hybridized carbons (Fsp3) is 0.158. The molecule has 0 aliphatic rings. The van der Waals surface area contributed by atoms with Gasteiger partial charge in [0.1, 0.15) is 17.5 Å². The predicted molar refractivity (Wildman–Crippen MR) is 90.5 cm³/mol. The Morgan fingerprint density at radius 1 is 1.00 bits per heavy atom. The Hall–Kier alpha value is -3.09. The van der Waals surface area contributed by atoms with E-state index in [1.54, 1.807) is 30.7 Å². The number of hydrogen-bond acceptors (Lipinski definition) is 2. The van der Waals surface area contributed by atoms with E-state index in [1.165, 1.54) is 12.1 Å². The van der Waals surface area contributed by atoms with Crippen LogP contribution >= 0.6 is 0 Å². The second-order valence-corrected chi connectivity index (χ2v) is 5.89. The number of halogens is 3. The number of aromatic nitrogens is 2. The Morgan fingerprint density at radius 2 is 1.62 bits per heavy atom. The number of hydrogen-bond donors (Lipinski definition) is 1. The van der Waals surface area contributed by atoms with E-state index in [0.29, 0.717) is 28.2 Å². The summed E-state index contributed by atoms with van der Waals surface area (Å²) >= 11 is 0. The average Bonchev–Trinajstić information content (AvgIpc) is 2.87. The van der Waals surface area contributed by atoms with E-state index in [2.05, 4.69) is 10.4 Å². The largest absolute Gasteiger partial charge is 0.348 e. The lowest BCUT2D eigenvalue weighted by molar-refractivity contribution is 0.0949. The minimum absolute atomic E-state index is 0.0197. The standard InChI is InChI=1S/C19H16F3N3O/c1-11-18(12(2)25(24-11)17-5-3-14(20)4-6-17)19(26)23-10-13-7-15(21)9-16(22)8-13/h3-9H,10H2,1-2H3,(H,23,26). The molecule has 1 N–H and O–H groups in total. The first kappa shape index (κ1) is 17.7. The fourth-order valence-electron chi connectivity index (χ4n) is 2.79. The third kappa shape index (κ3) is 3.61. The third-order valence-electron chi connectivity index (χ3n) is 3.96. The van der Waals surface area contributed by atoms with E-state index in [0.717, 1.165) is 18.2 Å². The van der Waals surface area contributed by atoms with Crippen LogP contribution in [0.1, 0.15) is 27.3 Å². The van der Waals surface area contributed by atoms with Crippen LogP contribution < -0.4 is 5.32 Å². The first-order chi connectivity index (χ1) is 12.3. The van der Waals surface area contributed by atoms with Crippen LogP contribution in [0.3, 0.4) is 0 Å². The Labute approximate surface area is 148 Å². The van der Waals surface area contributed by atoms with E-state index >= 15 is 0 Å². The van der Waals surface area contributed by atoms with E-state index in [4.69, 9.17) is 0 Å². The molecule has 0 fully saturated rings. The minimum Gasteiger partial charge on any atom is -0.348 e. The first-order valence-electron chi connectivity index (χ1n) is 7.90. The maximum absolute atomic E-state index is 13.2. The summed E-state index contributed by atoms with van der Waals surface area (Å²) in [5.74, 6) is -2.18. The molecule has 0 atom stereocenters. The zero-order valence-corrected chi connectivity index (χ0v) is 14.2. The minimum atomic E-state index is -0.703. The van der Waals surface area contributed by atoms with Crippen molar-refractivity contribution in [3.8, 4) is 5.69 Å². The summed E-state index contributed by atoms with van der Waals surface area (Å²) in [6, 6.07) is 8.83. The topological polar surface area (TPSA) is 46.9 Å². The Balaban J connectivity index is 1.82. The zero-order valence-electron chi connectivity index (χ0n) is 14.2. The van der Waals surface area contributed by atoms with Crippen molar-refractivity contribution in [2.45, 2.75) is 20.4 Å². The number of nitrogens with zero attached hydrogens (tertiary/aromatic N) is 2. The van der Waals surface area contributed by atoms with Gasteiger partial charge in [0, 0.05) is 12.6 Å². The number of aryl methyl sites for hydroxylation is 1. The summed E-state index contributed by atoms with van der Waals surface area (Å²) in [5.41, 5.74) is 2.38. The normalized spacial score (nSPS) is 10.8. The van der Waals surface area contributed by atoms with Gasteiger partial charge in [-0.2, -0.15) is 5.10 Å². The van der Waals surface area contributed by atoms with E-state index in [1.807, 2.05) is 0 Å². The second kappa shape index (κ2) is 7.03. The van der Waals surface area contributed by atoms with Gasteiger partial charge >= 0.3 is 0 Å². The summed E-state index contributed by atoms with van der Waals surface area (Å²) in [6.07, 6.45) is 0. The number of nitrogens with one attached hydrogen (secondary N) is 1. The Kier molecular flexibility index (Phi) is 4.79. The van der Waals surface area contributed by atoms with Crippen molar-refractivity contribution >= 4 is 5.91 Å². The molecule has 1 heterocycles. The molecule has 1 aromatic heterocycles. The maximum Gasteiger partial charge on any atom is 0.255 e. The van der Waals surface area contributed by atoms with Crippen molar-refractivity contribution in [2.24, 2.45) is 0 Å². The summed E-state index contributed by atoms with van der Waals surface area (Å²) in [6.45, 7) is 3.39. The van der Waals surface area contributed by atoms with Gasteiger partial charge in [0.25, 0.3) is 5.91 Å². The predicted octanol–water partition coefficient (Wildman–Crippen LogP) is 3.84. The van der Waals surface area contributed by atoms with Gasteiger partial charge in [0.2, 0.25) is 0 Å². The lowest BCUT2D eigenvalue weighted by atomic mass is 10.1. The number of benzene rings is 2. The monoisotopic (exact) mass is 359 g/mol. The van der Waals surface area contributed by atoms with Gasteiger partial charge in [0.05, 0.1) is 22.6 Å². The van der Waals surface area contributed by atoms with Crippen molar-refractivity contribution in [1.82, 2.24) is 15.1 Å². The molecule has 0 aliphatic heterocycles. The molecule has 3 aromatic rings. The van der Waals surface area contributed by atoms with Gasteiger partial charge in [-0.1, -0.05) is 0 Å². The van der Waals surface area contributed by atoms with E-state index in [-0.39, 0.29) is 12.4 Å². The van der Waals surface area contributed by atoms with Gasteiger partial charge < -0.3 is 5.32 Å². The van der Waals surface area contributed by atoms with Crippen molar-refractivity contribution in [3.63, 3.8) is 0 Å². The molecule has 3 rings (SSSR count). The van der Waals surface area contributed by atoms with Crippen LogP contribution in [-0.4, -0.2) is 15.7 Å². The number of amides is 1. The highest BCUT2D eigenvalue weighted by atomic mass is 19.1. The van der Waals surface area contributed by atoms with Gasteiger partial charge in [-0.05, 0) is 55.8 Å². The Morgan fingerprint density at radius 3 is 2.23 bits per heavy atom. The molecule has 134 valence electrons. The molecule has 2 aromatic carbocycles. The number of carbonyl (C=O) groups excluding carboxylic acids is 1. The smallest absolute Gasteiger partial charge is 0.255 e. The van der Waals surface area contributed by atoms with Crippen LogP contribution in [0.2, 0.25) is 0 Å². The molecule has 0 radical (unpaired) electrons. The quantitative estimate of drug-likeness (QED) is 0.769. The lowest BCUT2D eigenvalue weighted by Gasteiger charge is -2.07. The molecule has 0 spiro atoms. The second-order valence-electron chi connectivity index (χ2n) is 5.89. The summed E-state index contributed by atoms with van der Waals surface area (Å²) < 4.78 is 41.1. The molecular formula is C19H16F3N3O. The summed E-state index contributed by atoms with van der Waals surface area (Å²) in [7, 11) is 0. The molecule has 26 heavy (non-hydrogen) atoms. The molecule has 0 aliphatic carbocycles. The van der Waals surface area contributed by atoms with Crippen molar-refractivity contribution < 1.29 is 18.0 Å². The Bertz CT molecular complexity index is 945. The highest BCUT2D eigenvalue weighted by molar-refractivity contribution is 5.96. The summed E-state index contributed by atoms with van der Waals surface area (Å²) in [5, 5.41) is 6.97. The SMILES string of the molecule is Cc1nn(-c2ccc(F)cc2)c(C)c1C(=O)NCc1cc(F)cc(F)c1. The lowest BCUT2D eigenvalue weighted by Crippen LogP contribution is -2.24. The molecule has 1 amide bonds. The van der Waals surface area contributed by atoms with Crippen LogP contribution in [0, 0.1) is 31.3 Å². The van der Waals surface area contributed by atoms with Crippen molar-refractivity contribution in [3.05, 3.63) is 82.4 Å². The highest BCUT2D eigenvalue weighted by Gasteiger charge is 2.19. The zero-order chi connectivity index (χ0) is 18.8. The van der Waals surface area contributed by atoms with E-state index in [9.17, 15) is 18.0 Å². The van der Waals surface area contributed by atoms with Gasteiger partial charge in [-0.15, -0.1) is 0 Å². The maximum atomic E-state index is 13.2. The first-order valence-corrected chi connectivity index (χ1v) is 7.90. The van der Waals surface area contributed by atoms with E-state index < -0.39 is 17.5 Å². The van der Waals surface area contributed by atoms with Crippen molar-refractivity contribution in [2.75, 3.05) is 0 Å². The molecule has 7 heteroatoms. The van der Waals surface area contributed by atoms with Crippen LogP contribution in [0.4, 0.5) is 13.2 Å². The third-order valence-corrected chi connectivity index (χ3v) is 3.96. The van der Waals surface area contributed by atoms with Gasteiger partial charge in [0.15, 0.2) is 0 Å². The highest BCUT2D eigenvalue weighted by Crippen LogP contribution is 2.18. The molecular weight excluding hydrogens is 343 g/mol. The van der Waals surface area contributed by atoms with Crippen molar-refractivity contribution in [1.29, 1.82) is 0 Å². The van der Waals surface area contributed by atoms with Crippen LogP contribution in [0.5, 0.6) is 0 Å². The molecule has 4 nitrogen and oxygen atoms in total. The number of carbonyl (C=O) groups is 1. The van der Waals surface area contributed by atoms with Gasteiger partial charge in [-0.3, -0.25) is 4.79 Å². The number of rotatable bonds is 4. The van der Waals surface area contributed by atoms with Crippen LogP contribution in [-0.2, 0) is 6.54 Å². The molecule has 0 bridgehead atoms. The molecule has 0 unspecified atom stereocenters. The average molecular weight is 359 g/mol. The summed E-state index contributed by atoms with van der Waals surface area (Å²) in [4.78, 5) is 12.5. The fourth-order valence-corrected chi connectivity index (χ4v) is 2.79. The van der Waals surface area contributed by atoms with Gasteiger partial charge in [-0.25, -0.2) is 17.9 Å². The van der Waals surface area contributed by atoms with Crippen LogP contribution in [0.25, 0.3) is 5.69 Å². The van der Waals surface area contributed by atoms with Crippen LogP contribution in [0.15, 0.2) is 42.5 Å². The molecule has 0 saturated heterocycles. The molecule has 0 saturated carbocycles.